The summed E-state index contributed by atoms with van der Waals surface area (Å²) < 4.78 is 11.8. The molecule has 0 amide bonds. The number of benzene rings is 2. The van der Waals surface area contributed by atoms with E-state index in [-0.39, 0.29) is 0 Å². The summed E-state index contributed by atoms with van der Waals surface area (Å²) in [5.74, 6) is 3.26. The lowest BCUT2D eigenvalue weighted by molar-refractivity contribution is 0.344. The summed E-state index contributed by atoms with van der Waals surface area (Å²) in [5.41, 5.74) is 2.24. The highest BCUT2D eigenvalue weighted by atomic mass is 32.2. The summed E-state index contributed by atoms with van der Waals surface area (Å²) in [6, 6.07) is 18.1. The van der Waals surface area contributed by atoms with Gasteiger partial charge in [-0.2, -0.15) is 4.52 Å². The molecule has 0 unspecified atom stereocenters. The predicted octanol–water partition coefficient (Wildman–Crippen LogP) is 3.52. The molecule has 0 bridgehead atoms. The van der Waals surface area contributed by atoms with E-state index in [4.69, 9.17) is 9.84 Å². The van der Waals surface area contributed by atoms with Gasteiger partial charge < -0.3 is 9.30 Å². The molecule has 0 radical (unpaired) electrons. The predicted molar refractivity (Wildman–Crippen MR) is 106 cm³/mol. The number of para-hydroxylation sites is 3. The third-order valence-electron chi connectivity index (χ3n) is 4.48. The molecule has 2 aromatic carbocycles. The Morgan fingerprint density at radius 1 is 0.926 bits per heavy atom. The van der Waals surface area contributed by atoms with E-state index in [1.54, 1.807) is 11.8 Å². The summed E-state index contributed by atoms with van der Waals surface area (Å²) in [6.45, 7) is 3.57. The van der Waals surface area contributed by atoms with Crippen molar-refractivity contribution in [2.45, 2.75) is 18.6 Å². The molecule has 0 aliphatic heterocycles. The van der Waals surface area contributed by atoms with Crippen LogP contribution in [0.4, 0.5) is 0 Å². The molecule has 136 valence electrons. The zero-order valence-corrected chi connectivity index (χ0v) is 15.6. The largest absolute Gasteiger partial charge is 0.493 e. The molecule has 0 atom stereocenters. The van der Waals surface area contributed by atoms with Gasteiger partial charge in [0, 0.05) is 12.3 Å². The number of rotatable bonds is 6. The first-order chi connectivity index (χ1) is 13.4. The maximum Gasteiger partial charge on any atom is 0.260 e. The van der Waals surface area contributed by atoms with Crippen molar-refractivity contribution in [3.05, 3.63) is 54.6 Å². The normalized spacial score (nSPS) is 11.7. The Hall–Kier alpha value is -3.00. The third-order valence-corrected chi connectivity index (χ3v) is 5.37. The van der Waals surface area contributed by atoms with E-state index in [0.29, 0.717) is 6.61 Å². The van der Waals surface area contributed by atoms with Crippen LogP contribution in [0, 0.1) is 0 Å². The van der Waals surface area contributed by atoms with Gasteiger partial charge in [-0.1, -0.05) is 42.1 Å². The number of nitrogens with zero attached hydrogens (tertiary/aromatic N) is 6. The molecule has 0 aliphatic carbocycles. The topological polar surface area (TPSA) is 61.7 Å². The fourth-order valence-electron chi connectivity index (χ4n) is 3.30. The van der Waals surface area contributed by atoms with Crippen LogP contribution in [0.1, 0.15) is 6.92 Å². The molecule has 0 aliphatic rings. The zero-order chi connectivity index (χ0) is 18.2. The number of imidazole rings is 1. The Morgan fingerprint density at radius 2 is 1.70 bits per heavy atom. The van der Waals surface area contributed by atoms with Crippen molar-refractivity contribution in [3.8, 4) is 5.75 Å². The monoisotopic (exact) mass is 378 g/mol. The second kappa shape index (κ2) is 6.62. The second-order valence-electron chi connectivity index (χ2n) is 6.07. The highest BCUT2D eigenvalue weighted by Crippen LogP contribution is 2.24. The van der Waals surface area contributed by atoms with Crippen LogP contribution in [0.15, 0.2) is 59.8 Å². The minimum atomic E-state index is 0.598. The average molecular weight is 378 g/mol. The molecule has 7 nitrogen and oxygen atoms in total. The second-order valence-corrected chi connectivity index (χ2v) is 7.13. The van der Waals surface area contributed by atoms with Crippen LogP contribution < -0.4 is 4.74 Å². The van der Waals surface area contributed by atoms with E-state index in [0.717, 1.165) is 45.8 Å². The first-order valence-corrected chi connectivity index (χ1v) is 9.87. The molecule has 5 aromatic rings. The summed E-state index contributed by atoms with van der Waals surface area (Å²) in [6.07, 6.45) is 0. The first kappa shape index (κ1) is 16.2. The van der Waals surface area contributed by atoms with Gasteiger partial charge in [-0.05, 0) is 31.2 Å². The molecule has 0 fully saturated rings. The van der Waals surface area contributed by atoms with Crippen LogP contribution in [0.2, 0.25) is 0 Å². The third kappa shape index (κ3) is 2.64. The van der Waals surface area contributed by atoms with Gasteiger partial charge in [-0.3, -0.25) is 0 Å². The van der Waals surface area contributed by atoms with E-state index in [1.165, 1.54) is 0 Å². The van der Waals surface area contributed by atoms with Gasteiger partial charge in [0.15, 0.2) is 0 Å². The lowest BCUT2D eigenvalue weighted by atomic mass is 10.3. The zero-order valence-electron chi connectivity index (χ0n) is 14.8. The van der Waals surface area contributed by atoms with Gasteiger partial charge in [0.1, 0.15) is 5.75 Å². The summed E-state index contributed by atoms with van der Waals surface area (Å²) in [7, 11) is 0. The van der Waals surface area contributed by atoms with Crippen LogP contribution in [-0.2, 0) is 6.54 Å². The number of hydrogen-bond acceptors (Lipinski definition) is 5. The lowest BCUT2D eigenvalue weighted by Gasteiger charge is -2.04. The first-order valence-electron chi connectivity index (χ1n) is 8.88. The fraction of sp³-hybridized carbons (Fsp3) is 0.211. The fourth-order valence-corrected chi connectivity index (χ4v) is 3.99. The minimum absolute atomic E-state index is 0.598. The van der Waals surface area contributed by atoms with Gasteiger partial charge in [0.2, 0.25) is 10.9 Å². The lowest BCUT2D eigenvalue weighted by Crippen LogP contribution is -2.01. The number of thioether (sulfide) groups is 1. The van der Waals surface area contributed by atoms with Crippen LogP contribution >= 0.6 is 11.8 Å². The molecule has 3 aromatic heterocycles. The highest BCUT2D eigenvalue weighted by Gasteiger charge is 2.19. The van der Waals surface area contributed by atoms with Crippen molar-refractivity contribution in [3.63, 3.8) is 0 Å². The van der Waals surface area contributed by atoms with Crippen molar-refractivity contribution in [1.29, 1.82) is 0 Å². The maximum absolute atomic E-state index is 5.75. The quantitative estimate of drug-likeness (QED) is 0.334. The van der Waals surface area contributed by atoms with Crippen molar-refractivity contribution < 1.29 is 4.74 Å². The van der Waals surface area contributed by atoms with Gasteiger partial charge in [-0.25, -0.2) is 4.40 Å². The molecule has 3 heterocycles. The van der Waals surface area contributed by atoms with Crippen molar-refractivity contribution >= 4 is 34.4 Å². The van der Waals surface area contributed by atoms with E-state index in [1.807, 2.05) is 47.0 Å². The molecule has 27 heavy (non-hydrogen) atoms. The number of fused-ring (bicyclic) bond motifs is 5. The van der Waals surface area contributed by atoms with Crippen LogP contribution in [0.25, 0.3) is 22.6 Å². The number of aromatic nitrogens is 6. The van der Waals surface area contributed by atoms with Crippen LogP contribution in [0.5, 0.6) is 5.75 Å². The van der Waals surface area contributed by atoms with Crippen LogP contribution in [-0.4, -0.2) is 41.1 Å². The summed E-state index contributed by atoms with van der Waals surface area (Å²) in [4.78, 5) is 0. The van der Waals surface area contributed by atoms with E-state index in [9.17, 15) is 0 Å². The van der Waals surface area contributed by atoms with Crippen molar-refractivity contribution in [2.24, 2.45) is 0 Å². The Bertz CT molecular complexity index is 1220. The molecule has 8 heteroatoms. The number of ether oxygens (including phenoxy) is 1. The Labute approximate surface area is 159 Å². The molecule has 0 spiro atoms. The summed E-state index contributed by atoms with van der Waals surface area (Å²) in [5, 5.41) is 14.3. The van der Waals surface area contributed by atoms with Gasteiger partial charge in [-0.15, -0.1) is 15.3 Å². The molecule has 0 N–H and O–H groups in total. The van der Waals surface area contributed by atoms with E-state index < -0.39 is 0 Å². The van der Waals surface area contributed by atoms with Crippen molar-refractivity contribution in [1.82, 2.24) is 28.8 Å². The van der Waals surface area contributed by atoms with E-state index in [2.05, 4.69) is 38.2 Å². The molecule has 0 saturated carbocycles. The van der Waals surface area contributed by atoms with E-state index >= 15 is 0 Å². The minimum Gasteiger partial charge on any atom is -0.493 e. The SMILES string of the molecule is CCn1c2ccccc2n2c1nn1c(SCCOc3ccccc3)nnc12. The van der Waals surface area contributed by atoms with Gasteiger partial charge in [0.05, 0.1) is 17.6 Å². The molecular weight excluding hydrogens is 360 g/mol. The molecule has 5 rings (SSSR count). The Morgan fingerprint density at radius 3 is 2.52 bits per heavy atom. The van der Waals surface area contributed by atoms with Gasteiger partial charge >= 0.3 is 0 Å². The summed E-state index contributed by atoms with van der Waals surface area (Å²) >= 11 is 1.59. The van der Waals surface area contributed by atoms with Crippen molar-refractivity contribution in [2.75, 3.05) is 12.4 Å². The smallest absolute Gasteiger partial charge is 0.260 e. The molecule has 0 saturated heterocycles. The highest BCUT2D eigenvalue weighted by molar-refractivity contribution is 7.99. The molecular formula is C19H18N6OS. The van der Waals surface area contributed by atoms with Crippen LogP contribution in [0.3, 0.4) is 0 Å². The van der Waals surface area contributed by atoms with Gasteiger partial charge in [0.25, 0.3) is 5.78 Å². The maximum atomic E-state index is 5.75. The Kier molecular flexibility index (Phi) is 3.97. The average Bonchev–Trinajstić information content (AvgIpc) is 3.35. The Balaban J connectivity index is 1.44. The number of aryl methyl sites for hydroxylation is 1. The standard InChI is InChI=1S/C19H18N6OS/c1-2-23-15-10-6-7-11-16(15)24-17-20-21-19(25(17)22-18(23)24)27-13-12-26-14-8-4-3-5-9-14/h3-11H,2,12-13H2,1H3. The number of hydrogen-bond donors (Lipinski definition) is 0.